The van der Waals surface area contributed by atoms with Crippen molar-refractivity contribution in [3.8, 4) is 0 Å². The number of anilines is 2. The van der Waals surface area contributed by atoms with E-state index in [2.05, 4.69) is 32.3 Å². The summed E-state index contributed by atoms with van der Waals surface area (Å²) in [6.07, 6.45) is 1.81. The summed E-state index contributed by atoms with van der Waals surface area (Å²) in [5, 5.41) is 6.04. The number of hydrogen-bond acceptors (Lipinski definition) is 2. The third kappa shape index (κ3) is 3.93. The third-order valence-corrected chi connectivity index (χ3v) is 4.53. The molecule has 0 saturated heterocycles. The molecule has 5 nitrogen and oxygen atoms in total. The van der Waals surface area contributed by atoms with Crippen molar-refractivity contribution in [3.63, 3.8) is 0 Å². The van der Waals surface area contributed by atoms with Gasteiger partial charge in [-0.2, -0.15) is 0 Å². The van der Waals surface area contributed by atoms with Crippen LogP contribution < -0.4 is 10.6 Å². The van der Waals surface area contributed by atoms with E-state index in [0.717, 1.165) is 17.6 Å². The van der Waals surface area contributed by atoms with Gasteiger partial charge in [-0.1, -0.05) is 54.1 Å². The molecule has 134 valence electrons. The number of imidazole rings is 1. The van der Waals surface area contributed by atoms with E-state index in [1.54, 1.807) is 12.1 Å². The molecule has 0 bridgehead atoms. The molecule has 0 aliphatic rings. The number of nitrogens with one attached hydrogen (secondary N) is 2. The molecule has 0 saturated carbocycles. The highest BCUT2D eigenvalue weighted by atomic mass is 35.5. The highest BCUT2D eigenvalue weighted by Crippen LogP contribution is 2.22. The Bertz CT molecular complexity index is 1090. The number of aromatic nitrogens is 2. The second kappa shape index (κ2) is 7.51. The van der Waals surface area contributed by atoms with Crippen molar-refractivity contribution in [2.24, 2.45) is 0 Å². The fourth-order valence-corrected chi connectivity index (χ4v) is 3.08. The second-order valence-corrected chi connectivity index (χ2v) is 6.53. The molecular formula is C21H17ClN4O. The highest BCUT2D eigenvalue weighted by Gasteiger charge is 2.08. The van der Waals surface area contributed by atoms with Crippen LogP contribution in [0.2, 0.25) is 5.02 Å². The van der Waals surface area contributed by atoms with Gasteiger partial charge in [0.15, 0.2) is 0 Å². The Morgan fingerprint density at radius 1 is 0.963 bits per heavy atom. The molecular weight excluding hydrogens is 360 g/mol. The minimum atomic E-state index is -0.355. The zero-order chi connectivity index (χ0) is 18.6. The second-order valence-electron chi connectivity index (χ2n) is 6.12. The zero-order valence-electron chi connectivity index (χ0n) is 14.4. The number of rotatable bonds is 4. The number of nitrogens with zero attached hydrogens (tertiary/aromatic N) is 2. The van der Waals surface area contributed by atoms with Gasteiger partial charge in [0, 0.05) is 12.2 Å². The van der Waals surface area contributed by atoms with Crippen LogP contribution in [-0.2, 0) is 6.54 Å². The lowest BCUT2D eigenvalue weighted by Gasteiger charge is -2.09. The SMILES string of the molecule is O=C(Nc1ccc2c(c1)ncn2Cc1ccccc1)Nc1ccccc1Cl. The van der Waals surface area contributed by atoms with Crippen LogP contribution in [0.3, 0.4) is 0 Å². The van der Waals surface area contributed by atoms with Crippen molar-refractivity contribution in [3.05, 3.63) is 89.7 Å². The topological polar surface area (TPSA) is 59.0 Å². The summed E-state index contributed by atoms with van der Waals surface area (Å²) >= 11 is 6.06. The van der Waals surface area contributed by atoms with E-state index in [4.69, 9.17) is 11.6 Å². The van der Waals surface area contributed by atoms with Crippen molar-refractivity contribution in [1.82, 2.24) is 9.55 Å². The molecule has 0 aliphatic carbocycles. The van der Waals surface area contributed by atoms with Gasteiger partial charge in [0.1, 0.15) is 0 Å². The summed E-state index contributed by atoms with van der Waals surface area (Å²) < 4.78 is 2.08. The van der Waals surface area contributed by atoms with Gasteiger partial charge in [0.05, 0.1) is 28.1 Å². The molecule has 2 N–H and O–H groups in total. The van der Waals surface area contributed by atoms with Crippen LogP contribution in [-0.4, -0.2) is 15.6 Å². The van der Waals surface area contributed by atoms with E-state index in [9.17, 15) is 4.79 Å². The minimum Gasteiger partial charge on any atom is -0.326 e. The van der Waals surface area contributed by atoms with Crippen LogP contribution in [0.15, 0.2) is 79.1 Å². The summed E-state index contributed by atoms with van der Waals surface area (Å²) in [6.45, 7) is 0.747. The van der Waals surface area contributed by atoms with Crippen molar-refractivity contribution in [2.75, 3.05) is 10.6 Å². The van der Waals surface area contributed by atoms with Crippen molar-refractivity contribution >= 4 is 40.0 Å². The molecule has 1 heterocycles. The maximum absolute atomic E-state index is 12.2. The molecule has 6 heteroatoms. The van der Waals surface area contributed by atoms with Crippen LogP contribution in [0.1, 0.15) is 5.56 Å². The fourth-order valence-electron chi connectivity index (χ4n) is 2.89. The zero-order valence-corrected chi connectivity index (χ0v) is 15.1. The van der Waals surface area contributed by atoms with E-state index in [1.165, 1.54) is 5.56 Å². The minimum absolute atomic E-state index is 0.355. The van der Waals surface area contributed by atoms with Gasteiger partial charge in [-0.05, 0) is 35.9 Å². The first-order chi connectivity index (χ1) is 13.2. The molecule has 0 aliphatic heterocycles. The summed E-state index contributed by atoms with van der Waals surface area (Å²) in [5.74, 6) is 0. The van der Waals surface area contributed by atoms with Crippen LogP contribution in [0.5, 0.6) is 0 Å². The van der Waals surface area contributed by atoms with Gasteiger partial charge in [-0.15, -0.1) is 0 Å². The average molecular weight is 377 g/mol. The largest absolute Gasteiger partial charge is 0.326 e. The van der Waals surface area contributed by atoms with E-state index >= 15 is 0 Å². The highest BCUT2D eigenvalue weighted by molar-refractivity contribution is 6.33. The lowest BCUT2D eigenvalue weighted by molar-refractivity contribution is 0.262. The lowest BCUT2D eigenvalue weighted by atomic mass is 10.2. The fraction of sp³-hybridized carbons (Fsp3) is 0.0476. The lowest BCUT2D eigenvalue weighted by Crippen LogP contribution is -2.19. The van der Waals surface area contributed by atoms with E-state index < -0.39 is 0 Å². The van der Waals surface area contributed by atoms with Gasteiger partial charge in [0.25, 0.3) is 0 Å². The maximum atomic E-state index is 12.2. The Balaban J connectivity index is 1.49. The Hall–Kier alpha value is -3.31. The van der Waals surface area contributed by atoms with E-state index in [1.807, 2.05) is 54.9 Å². The quantitative estimate of drug-likeness (QED) is 0.502. The molecule has 1 aromatic heterocycles. The first kappa shape index (κ1) is 17.1. The summed E-state index contributed by atoms with van der Waals surface area (Å²) in [4.78, 5) is 16.7. The first-order valence-corrected chi connectivity index (χ1v) is 8.88. The summed E-state index contributed by atoms with van der Waals surface area (Å²) in [6, 6.07) is 22.6. The molecule has 0 spiro atoms. The van der Waals surface area contributed by atoms with Crippen molar-refractivity contribution in [1.29, 1.82) is 0 Å². The molecule has 0 atom stereocenters. The van der Waals surface area contributed by atoms with Gasteiger partial charge < -0.3 is 15.2 Å². The molecule has 27 heavy (non-hydrogen) atoms. The van der Waals surface area contributed by atoms with Crippen molar-refractivity contribution < 1.29 is 4.79 Å². The van der Waals surface area contributed by atoms with Crippen LogP contribution in [0, 0.1) is 0 Å². The standard InChI is InChI=1S/C21H17ClN4O/c22-17-8-4-5-9-18(17)25-21(27)24-16-10-11-20-19(12-16)23-14-26(20)13-15-6-2-1-3-7-15/h1-12,14H,13H2,(H2,24,25,27). The van der Waals surface area contributed by atoms with Gasteiger partial charge in [-0.25, -0.2) is 9.78 Å². The number of benzene rings is 3. The first-order valence-electron chi connectivity index (χ1n) is 8.50. The predicted molar refractivity (Wildman–Crippen MR) is 109 cm³/mol. The Morgan fingerprint density at radius 3 is 2.56 bits per heavy atom. The molecule has 0 fully saturated rings. The Morgan fingerprint density at radius 2 is 1.74 bits per heavy atom. The average Bonchev–Trinajstić information content (AvgIpc) is 3.06. The smallest absolute Gasteiger partial charge is 0.323 e. The number of carbonyl (C=O) groups excluding carboxylic acids is 1. The molecule has 2 amide bonds. The summed E-state index contributed by atoms with van der Waals surface area (Å²) in [5.41, 5.74) is 4.26. The number of hydrogen-bond donors (Lipinski definition) is 2. The molecule has 4 rings (SSSR count). The maximum Gasteiger partial charge on any atom is 0.323 e. The number of amides is 2. The van der Waals surface area contributed by atoms with Gasteiger partial charge in [-0.3, -0.25) is 0 Å². The third-order valence-electron chi connectivity index (χ3n) is 4.20. The number of carbonyl (C=O) groups is 1. The van der Waals surface area contributed by atoms with Crippen LogP contribution >= 0.6 is 11.6 Å². The van der Waals surface area contributed by atoms with Gasteiger partial charge >= 0.3 is 6.03 Å². The monoisotopic (exact) mass is 376 g/mol. The summed E-state index contributed by atoms with van der Waals surface area (Å²) in [7, 11) is 0. The molecule has 3 aromatic carbocycles. The molecule has 0 radical (unpaired) electrons. The Kier molecular flexibility index (Phi) is 4.77. The molecule has 4 aromatic rings. The molecule has 0 unspecified atom stereocenters. The van der Waals surface area contributed by atoms with E-state index in [0.29, 0.717) is 16.4 Å². The van der Waals surface area contributed by atoms with Crippen LogP contribution in [0.4, 0.5) is 16.2 Å². The van der Waals surface area contributed by atoms with Crippen LogP contribution in [0.25, 0.3) is 11.0 Å². The van der Waals surface area contributed by atoms with Crippen molar-refractivity contribution in [2.45, 2.75) is 6.54 Å². The normalized spacial score (nSPS) is 10.7. The number of urea groups is 1. The Labute approximate surface area is 161 Å². The number of halogens is 1. The van der Waals surface area contributed by atoms with Gasteiger partial charge in [0.2, 0.25) is 0 Å². The number of fused-ring (bicyclic) bond motifs is 1. The number of para-hydroxylation sites is 1. The van der Waals surface area contributed by atoms with E-state index in [-0.39, 0.29) is 6.03 Å². The predicted octanol–water partition coefficient (Wildman–Crippen LogP) is 5.38.